The lowest BCUT2D eigenvalue weighted by Gasteiger charge is -2.35. The summed E-state index contributed by atoms with van der Waals surface area (Å²) in [7, 11) is 0. The average molecular weight is 288 g/mol. The van der Waals surface area contributed by atoms with Crippen molar-refractivity contribution in [3.63, 3.8) is 0 Å². The van der Waals surface area contributed by atoms with Gasteiger partial charge >= 0.3 is 0 Å². The zero-order chi connectivity index (χ0) is 14.9. The van der Waals surface area contributed by atoms with Crippen LogP contribution in [0.5, 0.6) is 5.75 Å². The minimum atomic E-state index is -0.435. The van der Waals surface area contributed by atoms with Gasteiger partial charge in [0.1, 0.15) is 5.75 Å². The molecule has 0 bridgehead atoms. The molecule has 1 aromatic carbocycles. The predicted octanol–water partition coefficient (Wildman–Crippen LogP) is 2.94. The number of carbonyl (C=O) groups excluding carboxylic acids is 1. The fourth-order valence-corrected chi connectivity index (χ4v) is 3.10. The van der Waals surface area contributed by atoms with Crippen molar-refractivity contribution in [2.24, 2.45) is 5.41 Å². The summed E-state index contributed by atoms with van der Waals surface area (Å²) in [5.74, 6) is 0.760. The van der Waals surface area contributed by atoms with Crippen LogP contribution in [0.1, 0.15) is 39.5 Å². The van der Waals surface area contributed by atoms with Gasteiger partial charge in [-0.3, -0.25) is 4.79 Å². The summed E-state index contributed by atoms with van der Waals surface area (Å²) < 4.78 is 5.80. The van der Waals surface area contributed by atoms with Crippen LogP contribution < -0.4 is 15.4 Å². The van der Waals surface area contributed by atoms with E-state index < -0.39 is 6.10 Å². The lowest BCUT2D eigenvalue weighted by Crippen LogP contribution is -2.49. The van der Waals surface area contributed by atoms with Crippen LogP contribution in [0.15, 0.2) is 24.3 Å². The molecule has 1 saturated carbocycles. The highest BCUT2D eigenvalue weighted by Crippen LogP contribution is 2.35. The molecule has 2 aliphatic rings. The van der Waals surface area contributed by atoms with Crippen LogP contribution in [0.4, 0.5) is 5.69 Å². The molecule has 1 atom stereocenters. The maximum Gasteiger partial charge on any atom is 0.263 e. The van der Waals surface area contributed by atoms with Gasteiger partial charge in [-0.15, -0.1) is 0 Å². The van der Waals surface area contributed by atoms with Crippen molar-refractivity contribution in [1.82, 2.24) is 5.32 Å². The third-order valence-electron chi connectivity index (χ3n) is 4.61. The first-order valence-electron chi connectivity index (χ1n) is 7.83. The molecule has 0 aromatic heterocycles. The van der Waals surface area contributed by atoms with Crippen LogP contribution >= 0.6 is 0 Å². The van der Waals surface area contributed by atoms with Gasteiger partial charge in [-0.25, -0.2) is 0 Å². The third kappa shape index (κ3) is 3.31. The van der Waals surface area contributed by atoms with Gasteiger partial charge in [-0.2, -0.15) is 0 Å². The molecule has 1 heterocycles. The van der Waals surface area contributed by atoms with Crippen molar-refractivity contribution in [1.29, 1.82) is 0 Å². The molecule has 0 saturated heterocycles. The maximum atomic E-state index is 12.4. The van der Waals surface area contributed by atoms with Crippen molar-refractivity contribution < 1.29 is 9.53 Å². The lowest BCUT2D eigenvalue weighted by molar-refractivity contribution is -0.128. The zero-order valence-electron chi connectivity index (χ0n) is 12.8. The number of anilines is 1. The third-order valence-corrected chi connectivity index (χ3v) is 4.61. The number of hydrogen-bond acceptors (Lipinski definition) is 3. The van der Waals surface area contributed by atoms with Gasteiger partial charge in [0, 0.05) is 6.04 Å². The fraction of sp³-hybridized carbons (Fsp3) is 0.588. The first-order chi connectivity index (χ1) is 10.0. The van der Waals surface area contributed by atoms with Crippen molar-refractivity contribution in [3.05, 3.63) is 24.3 Å². The fourth-order valence-electron chi connectivity index (χ4n) is 3.10. The van der Waals surface area contributed by atoms with Gasteiger partial charge in [0.25, 0.3) is 5.91 Å². The predicted molar refractivity (Wildman–Crippen MR) is 83.5 cm³/mol. The van der Waals surface area contributed by atoms with E-state index in [-0.39, 0.29) is 5.91 Å². The second kappa shape index (κ2) is 5.58. The molecule has 1 amide bonds. The molecular weight excluding hydrogens is 264 g/mol. The molecule has 2 N–H and O–H groups in total. The number of hydrogen-bond donors (Lipinski definition) is 2. The highest BCUT2D eigenvalue weighted by Gasteiger charge is 2.31. The molecule has 1 aliphatic carbocycles. The van der Waals surface area contributed by atoms with Gasteiger partial charge in [-0.1, -0.05) is 26.0 Å². The van der Waals surface area contributed by atoms with Crippen LogP contribution in [-0.2, 0) is 4.79 Å². The molecule has 1 fully saturated rings. The summed E-state index contributed by atoms with van der Waals surface area (Å²) in [6.07, 6.45) is 4.04. The Morgan fingerprint density at radius 3 is 2.76 bits per heavy atom. The number of carbonyl (C=O) groups is 1. The van der Waals surface area contributed by atoms with E-state index in [1.54, 1.807) is 0 Å². The Kier molecular flexibility index (Phi) is 3.79. The zero-order valence-corrected chi connectivity index (χ0v) is 12.8. The molecule has 1 unspecified atom stereocenters. The summed E-state index contributed by atoms with van der Waals surface area (Å²) in [6, 6.07) is 8.03. The first kappa shape index (κ1) is 14.2. The van der Waals surface area contributed by atoms with Gasteiger partial charge in [0.2, 0.25) is 0 Å². The largest absolute Gasteiger partial charge is 0.477 e. The summed E-state index contributed by atoms with van der Waals surface area (Å²) in [5.41, 5.74) is 1.38. The quantitative estimate of drug-likeness (QED) is 0.879. The summed E-state index contributed by atoms with van der Waals surface area (Å²) in [5, 5.41) is 6.41. The van der Waals surface area contributed by atoms with E-state index in [9.17, 15) is 4.79 Å². The maximum absolute atomic E-state index is 12.4. The molecular formula is C17H24N2O2. The number of para-hydroxylation sites is 2. The number of ether oxygens (including phenoxy) is 1. The van der Waals surface area contributed by atoms with E-state index in [2.05, 4.69) is 24.5 Å². The number of rotatable bonds is 2. The molecule has 1 aromatic rings. The second-order valence-corrected chi connectivity index (χ2v) is 6.93. The van der Waals surface area contributed by atoms with Crippen LogP contribution in [0.3, 0.4) is 0 Å². The summed E-state index contributed by atoms with van der Waals surface area (Å²) in [6.45, 7) is 5.13. The Bertz CT molecular complexity index is 517. The number of amides is 1. The highest BCUT2D eigenvalue weighted by molar-refractivity contribution is 5.83. The van der Waals surface area contributed by atoms with Gasteiger partial charge in [-0.05, 0) is 43.2 Å². The van der Waals surface area contributed by atoms with Crippen LogP contribution in [0.25, 0.3) is 0 Å². The normalized spacial score (nSPS) is 24.4. The molecule has 0 radical (unpaired) electrons. The number of benzene rings is 1. The molecule has 4 nitrogen and oxygen atoms in total. The lowest BCUT2D eigenvalue weighted by atomic mass is 9.75. The van der Waals surface area contributed by atoms with Crippen LogP contribution in [0.2, 0.25) is 0 Å². The monoisotopic (exact) mass is 288 g/mol. The van der Waals surface area contributed by atoms with Crippen molar-refractivity contribution in [2.75, 3.05) is 11.9 Å². The first-order valence-corrected chi connectivity index (χ1v) is 7.83. The van der Waals surface area contributed by atoms with E-state index in [0.717, 1.165) is 24.3 Å². The molecule has 0 spiro atoms. The van der Waals surface area contributed by atoms with E-state index >= 15 is 0 Å². The van der Waals surface area contributed by atoms with Gasteiger partial charge < -0.3 is 15.4 Å². The van der Waals surface area contributed by atoms with E-state index in [1.807, 2.05) is 24.3 Å². The van der Waals surface area contributed by atoms with E-state index in [4.69, 9.17) is 4.74 Å². The van der Waals surface area contributed by atoms with Gasteiger partial charge in [0.15, 0.2) is 6.10 Å². The molecule has 4 heteroatoms. The molecule has 114 valence electrons. The Morgan fingerprint density at radius 1 is 1.29 bits per heavy atom. The molecule has 1 aliphatic heterocycles. The minimum absolute atomic E-state index is 0.00158. The average Bonchev–Trinajstić information content (AvgIpc) is 2.49. The summed E-state index contributed by atoms with van der Waals surface area (Å²) in [4.78, 5) is 12.4. The van der Waals surface area contributed by atoms with Crippen LogP contribution in [0, 0.1) is 5.41 Å². The van der Waals surface area contributed by atoms with E-state index in [0.29, 0.717) is 18.0 Å². The van der Waals surface area contributed by atoms with Gasteiger partial charge in [0.05, 0.1) is 12.2 Å². The Hall–Kier alpha value is -1.71. The smallest absolute Gasteiger partial charge is 0.263 e. The van der Waals surface area contributed by atoms with Crippen molar-refractivity contribution in [3.8, 4) is 5.75 Å². The van der Waals surface area contributed by atoms with E-state index in [1.165, 1.54) is 12.8 Å². The standard InChI is InChI=1S/C17H24N2O2/c1-17(2)9-7-12(8-10-17)19-16(20)15-11-18-13-5-3-4-6-14(13)21-15/h3-6,12,15,18H,7-11H2,1-2H3,(H,19,20). The molecule has 3 rings (SSSR count). The Labute approximate surface area is 126 Å². The van der Waals surface area contributed by atoms with Crippen LogP contribution in [-0.4, -0.2) is 24.6 Å². The Balaban J connectivity index is 1.55. The highest BCUT2D eigenvalue weighted by atomic mass is 16.5. The summed E-state index contributed by atoms with van der Waals surface area (Å²) >= 11 is 0. The Morgan fingerprint density at radius 2 is 2.00 bits per heavy atom. The number of nitrogens with one attached hydrogen (secondary N) is 2. The SMILES string of the molecule is CC1(C)CCC(NC(=O)C2CNc3ccccc3O2)CC1. The topological polar surface area (TPSA) is 50.4 Å². The van der Waals surface area contributed by atoms with Crippen molar-refractivity contribution >= 4 is 11.6 Å². The molecule has 21 heavy (non-hydrogen) atoms. The second-order valence-electron chi connectivity index (χ2n) is 6.93. The number of fused-ring (bicyclic) bond motifs is 1. The minimum Gasteiger partial charge on any atom is -0.477 e. The van der Waals surface area contributed by atoms with Crippen molar-refractivity contribution in [2.45, 2.75) is 51.7 Å².